The fourth-order valence-corrected chi connectivity index (χ4v) is 1.96. The van der Waals surface area contributed by atoms with Gasteiger partial charge in [-0.25, -0.2) is 0 Å². The largest absolute Gasteiger partial charge is 0.573 e. The molecular weight excluding hydrogens is 267 g/mol. The Kier molecular flexibility index (Phi) is 3.37. The third-order valence-corrected chi connectivity index (χ3v) is 2.59. The fourth-order valence-electron chi connectivity index (χ4n) is 1.38. The maximum absolute atomic E-state index is 12.1. The van der Waals surface area contributed by atoms with Crippen LogP contribution in [0.3, 0.4) is 0 Å². The van der Waals surface area contributed by atoms with Gasteiger partial charge in [-0.15, -0.1) is 13.2 Å². The summed E-state index contributed by atoms with van der Waals surface area (Å²) in [6.45, 7) is 0. The number of nitrogens with zero attached hydrogens (tertiary/aromatic N) is 2. The van der Waals surface area contributed by atoms with Crippen molar-refractivity contribution in [2.45, 2.75) is 6.36 Å². The average molecular weight is 275 g/mol. The lowest BCUT2D eigenvalue weighted by molar-refractivity contribution is -0.274. The molecule has 0 radical (unpaired) electrons. The summed E-state index contributed by atoms with van der Waals surface area (Å²) in [5, 5.41) is 2.82. The number of nitrogens with one attached hydrogen (secondary N) is 1. The first-order chi connectivity index (χ1) is 8.49. The van der Waals surface area contributed by atoms with E-state index in [1.165, 1.54) is 18.2 Å². The first kappa shape index (κ1) is 12.6. The fraction of sp³-hybridized carbons (Fsp3) is 0.200. The van der Waals surface area contributed by atoms with Gasteiger partial charge < -0.3 is 10.1 Å². The quantitative estimate of drug-likeness (QED) is 0.934. The minimum absolute atomic E-state index is 0.282. The molecule has 0 aliphatic carbocycles. The van der Waals surface area contributed by atoms with Gasteiger partial charge in [0.2, 0.25) is 0 Å². The molecule has 0 fully saturated rings. The summed E-state index contributed by atoms with van der Waals surface area (Å²) in [4.78, 5) is 0. The molecule has 1 aromatic heterocycles. The highest BCUT2D eigenvalue weighted by molar-refractivity contribution is 6.99. The van der Waals surface area contributed by atoms with Crippen LogP contribution in [0.4, 0.5) is 19.0 Å². The number of halogens is 3. The van der Waals surface area contributed by atoms with Gasteiger partial charge in [0, 0.05) is 12.6 Å². The summed E-state index contributed by atoms with van der Waals surface area (Å²) in [5.74, 6) is 0.235. The van der Waals surface area contributed by atoms with Crippen LogP contribution in [0, 0.1) is 0 Å². The van der Waals surface area contributed by atoms with Gasteiger partial charge in [0.1, 0.15) is 11.4 Å². The zero-order valence-electron chi connectivity index (χ0n) is 9.15. The van der Waals surface area contributed by atoms with Crippen molar-refractivity contribution >= 4 is 17.5 Å². The lowest BCUT2D eigenvalue weighted by atomic mass is 10.1. The Labute approximate surface area is 105 Å². The highest BCUT2D eigenvalue weighted by atomic mass is 32.1. The Balaban J connectivity index is 2.33. The monoisotopic (exact) mass is 275 g/mol. The summed E-state index contributed by atoms with van der Waals surface area (Å²) in [6.07, 6.45) is -4.70. The Morgan fingerprint density at radius 1 is 1.28 bits per heavy atom. The second kappa shape index (κ2) is 4.81. The van der Waals surface area contributed by atoms with E-state index in [0.717, 1.165) is 11.7 Å². The standard InChI is InChI=1S/C10H8F3N3OS/c1-14-9-8(15-18-16-9)6-3-2-4-7(5-6)17-10(11,12)13/h2-5H,1H3,(H,14,16). The van der Waals surface area contributed by atoms with Gasteiger partial charge in [0.05, 0.1) is 11.7 Å². The van der Waals surface area contributed by atoms with Gasteiger partial charge in [-0.3, -0.25) is 0 Å². The Morgan fingerprint density at radius 3 is 2.72 bits per heavy atom. The van der Waals surface area contributed by atoms with Gasteiger partial charge in [-0.2, -0.15) is 8.75 Å². The second-order valence-corrected chi connectivity index (χ2v) is 3.82. The predicted molar refractivity (Wildman–Crippen MR) is 61.6 cm³/mol. The molecule has 8 heteroatoms. The van der Waals surface area contributed by atoms with Gasteiger partial charge in [-0.05, 0) is 12.1 Å². The van der Waals surface area contributed by atoms with Crippen LogP contribution in [0.1, 0.15) is 0 Å². The van der Waals surface area contributed by atoms with Gasteiger partial charge in [0.25, 0.3) is 0 Å². The third kappa shape index (κ3) is 2.89. The first-order valence-electron chi connectivity index (χ1n) is 4.86. The molecule has 2 aromatic rings. The molecule has 0 spiro atoms. The van der Waals surface area contributed by atoms with E-state index in [1.54, 1.807) is 13.1 Å². The third-order valence-electron chi connectivity index (χ3n) is 2.07. The lowest BCUT2D eigenvalue weighted by Crippen LogP contribution is -2.17. The molecule has 0 saturated heterocycles. The van der Waals surface area contributed by atoms with Crippen molar-refractivity contribution in [3.8, 4) is 17.0 Å². The molecule has 0 aliphatic heterocycles. The maximum Gasteiger partial charge on any atom is 0.573 e. The van der Waals surface area contributed by atoms with E-state index < -0.39 is 6.36 Å². The SMILES string of the molecule is CNc1nsnc1-c1cccc(OC(F)(F)F)c1. The van der Waals surface area contributed by atoms with Crippen molar-refractivity contribution in [3.63, 3.8) is 0 Å². The van der Waals surface area contributed by atoms with Crippen molar-refractivity contribution in [1.29, 1.82) is 0 Å². The summed E-state index contributed by atoms with van der Waals surface area (Å²) in [6, 6.07) is 5.61. The van der Waals surface area contributed by atoms with Crippen LogP contribution < -0.4 is 10.1 Å². The highest BCUT2D eigenvalue weighted by Gasteiger charge is 2.31. The smallest absolute Gasteiger partial charge is 0.406 e. The number of aromatic nitrogens is 2. The van der Waals surface area contributed by atoms with Crippen LogP contribution in [-0.2, 0) is 0 Å². The van der Waals surface area contributed by atoms with Gasteiger partial charge in [0.15, 0.2) is 5.82 Å². The van der Waals surface area contributed by atoms with Crippen LogP contribution in [0.25, 0.3) is 11.3 Å². The molecule has 1 heterocycles. The van der Waals surface area contributed by atoms with Crippen LogP contribution in [-0.4, -0.2) is 22.2 Å². The molecule has 0 aliphatic rings. The number of alkyl halides is 3. The molecule has 0 saturated carbocycles. The van der Waals surface area contributed by atoms with Crippen molar-refractivity contribution < 1.29 is 17.9 Å². The second-order valence-electron chi connectivity index (χ2n) is 3.29. The average Bonchev–Trinajstić information content (AvgIpc) is 2.75. The van der Waals surface area contributed by atoms with E-state index in [-0.39, 0.29) is 5.75 Å². The molecule has 1 N–H and O–H groups in total. The molecule has 96 valence electrons. The summed E-state index contributed by atoms with van der Waals surface area (Å²) < 4.78 is 48.1. The van der Waals surface area contributed by atoms with E-state index in [2.05, 4.69) is 18.8 Å². The number of rotatable bonds is 3. The van der Waals surface area contributed by atoms with Crippen molar-refractivity contribution in [2.24, 2.45) is 0 Å². The number of anilines is 1. The van der Waals surface area contributed by atoms with Crippen molar-refractivity contribution in [3.05, 3.63) is 24.3 Å². The zero-order valence-corrected chi connectivity index (χ0v) is 9.97. The summed E-state index contributed by atoms with van der Waals surface area (Å²) in [7, 11) is 1.66. The van der Waals surface area contributed by atoms with Crippen LogP contribution in [0.15, 0.2) is 24.3 Å². The van der Waals surface area contributed by atoms with Crippen LogP contribution in [0.5, 0.6) is 5.75 Å². The maximum atomic E-state index is 12.1. The number of hydrogen-bond acceptors (Lipinski definition) is 5. The minimum atomic E-state index is -4.70. The molecule has 2 rings (SSSR count). The predicted octanol–water partition coefficient (Wildman–Crippen LogP) is 3.15. The number of ether oxygens (including phenoxy) is 1. The molecule has 0 amide bonds. The Bertz CT molecular complexity index is 541. The van der Waals surface area contributed by atoms with Crippen molar-refractivity contribution in [2.75, 3.05) is 12.4 Å². The molecular formula is C10H8F3N3OS. The van der Waals surface area contributed by atoms with E-state index in [4.69, 9.17) is 0 Å². The van der Waals surface area contributed by atoms with E-state index in [9.17, 15) is 13.2 Å². The van der Waals surface area contributed by atoms with E-state index in [0.29, 0.717) is 17.1 Å². The molecule has 0 bridgehead atoms. The van der Waals surface area contributed by atoms with Crippen LogP contribution in [0.2, 0.25) is 0 Å². The number of benzene rings is 1. The topological polar surface area (TPSA) is 47.0 Å². The Morgan fingerprint density at radius 2 is 2.06 bits per heavy atom. The Hall–Kier alpha value is -1.83. The van der Waals surface area contributed by atoms with Gasteiger partial charge >= 0.3 is 6.36 Å². The molecule has 0 atom stereocenters. The normalized spacial score (nSPS) is 11.3. The minimum Gasteiger partial charge on any atom is -0.406 e. The molecule has 1 aromatic carbocycles. The number of hydrogen-bond donors (Lipinski definition) is 1. The summed E-state index contributed by atoms with van der Waals surface area (Å²) in [5.41, 5.74) is 1.00. The van der Waals surface area contributed by atoms with Gasteiger partial charge in [-0.1, -0.05) is 12.1 Å². The van der Waals surface area contributed by atoms with E-state index >= 15 is 0 Å². The molecule has 18 heavy (non-hydrogen) atoms. The van der Waals surface area contributed by atoms with E-state index in [1.807, 2.05) is 0 Å². The first-order valence-corrected chi connectivity index (χ1v) is 5.59. The zero-order chi connectivity index (χ0) is 13.2. The van der Waals surface area contributed by atoms with Crippen molar-refractivity contribution in [1.82, 2.24) is 8.75 Å². The summed E-state index contributed by atoms with van der Waals surface area (Å²) >= 11 is 0.979. The highest BCUT2D eigenvalue weighted by Crippen LogP contribution is 2.30. The molecule has 0 unspecified atom stereocenters. The lowest BCUT2D eigenvalue weighted by Gasteiger charge is -2.09. The molecule has 4 nitrogen and oxygen atoms in total. The van der Waals surface area contributed by atoms with Crippen LogP contribution >= 0.6 is 11.7 Å².